The fourth-order valence-corrected chi connectivity index (χ4v) is 2.41. The second-order valence-corrected chi connectivity index (χ2v) is 4.94. The molecule has 0 fully saturated rings. The molecule has 21 heavy (non-hydrogen) atoms. The molecule has 4 nitrogen and oxygen atoms in total. The van der Waals surface area contributed by atoms with Crippen LogP contribution in [0.1, 0.15) is 25.2 Å². The van der Waals surface area contributed by atoms with E-state index in [1.54, 1.807) is 18.2 Å². The monoisotopic (exact) mass is 285 g/mol. The number of fused-ring (bicyclic) bond motifs is 1. The number of halogens is 1. The molecule has 0 aliphatic heterocycles. The van der Waals surface area contributed by atoms with Gasteiger partial charge in [-0.3, -0.25) is 0 Å². The van der Waals surface area contributed by atoms with Crippen LogP contribution < -0.4 is 5.73 Å². The highest BCUT2D eigenvalue weighted by Gasteiger charge is 2.18. The molecular weight excluding hydrogens is 269 g/mol. The van der Waals surface area contributed by atoms with Crippen molar-refractivity contribution in [2.24, 2.45) is 5.73 Å². The van der Waals surface area contributed by atoms with Crippen LogP contribution in [0.4, 0.5) is 4.39 Å². The molecule has 108 valence electrons. The number of hydrogen-bond donors (Lipinski definition) is 1. The molecular formula is C16H16FN3O. The number of nitrogens with two attached hydrogens (primary N) is 1. The zero-order valence-corrected chi connectivity index (χ0v) is 11.7. The predicted molar refractivity (Wildman–Crippen MR) is 79.3 cm³/mol. The third kappa shape index (κ3) is 2.40. The van der Waals surface area contributed by atoms with Gasteiger partial charge in [0.15, 0.2) is 0 Å². The van der Waals surface area contributed by atoms with Gasteiger partial charge in [0.25, 0.3) is 0 Å². The number of rotatable bonds is 4. The van der Waals surface area contributed by atoms with Crippen LogP contribution >= 0.6 is 0 Å². The molecule has 2 N–H and O–H groups in total. The molecule has 0 spiro atoms. The van der Waals surface area contributed by atoms with Crippen LogP contribution in [-0.4, -0.2) is 16.7 Å². The van der Waals surface area contributed by atoms with Gasteiger partial charge in [-0.15, -0.1) is 0 Å². The third-order valence-corrected chi connectivity index (χ3v) is 3.68. The summed E-state index contributed by atoms with van der Waals surface area (Å²) < 4.78 is 19.2. The molecule has 0 saturated carbocycles. The largest absolute Gasteiger partial charge is 0.339 e. The lowest BCUT2D eigenvalue weighted by atomic mass is 10.0. The molecule has 0 aliphatic carbocycles. The van der Waals surface area contributed by atoms with Gasteiger partial charge < -0.3 is 10.3 Å². The highest BCUT2D eigenvalue weighted by Crippen LogP contribution is 2.29. The maximum atomic E-state index is 13.8. The SMILES string of the molecule is CCC(CN)c1nc(-c2ccc(F)c3ccccc23)no1. The van der Waals surface area contributed by atoms with E-state index in [9.17, 15) is 4.39 Å². The van der Waals surface area contributed by atoms with Crippen LogP contribution in [0.3, 0.4) is 0 Å². The van der Waals surface area contributed by atoms with Crippen LogP contribution in [0, 0.1) is 5.82 Å². The Bertz CT molecular complexity index is 765. The van der Waals surface area contributed by atoms with Crippen molar-refractivity contribution in [3.63, 3.8) is 0 Å². The van der Waals surface area contributed by atoms with Gasteiger partial charge in [-0.25, -0.2) is 4.39 Å². The van der Waals surface area contributed by atoms with Gasteiger partial charge in [-0.05, 0) is 23.9 Å². The van der Waals surface area contributed by atoms with Gasteiger partial charge in [0.2, 0.25) is 11.7 Å². The van der Waals surface area contributed by atoms with Crippen molar-refractivity contribution in [2.75, 3.05) is 6.54 Å². The van der Waals surface area contributed by atoms with Crippen molar-refractivity contribution in [3.8, 4) is 11.4 Å². The van der Waals surface area contributed by atoms with E-state index in [1.165, 1.54) is 6.07 Å². The zero-order valence-electron chi connectivity index (χ0n) is 11.7. The quantitative estimate of drug-likeness (QED) is 0.797. The Kier molecular flexibility index (Phi) is 3.66. The van der Waals surface area contributed by atoms with E-state index in [4.69, 9.17) is 10.3 Å². The summed E-state index contributed by atoms with van der Waals surface area (Å²) in [5.41, 5.74) is 6.45. The molecule has 1 atom stereocenters. The van der Waals surface area contributed by atoms with Crippen molar-refractivity contribution >= 4 is 10.8 Å². The topological polar surface area (TPSA) is 64.9 Å². The number of aromatic nitrogens is 2. The van der Waals surface area contributed by atoms with E-state index in [2.05, 4.69) is 10.1 Å². The Morgan fingerprint density at radius 1 is 1.19 bits per heavy atom. The van der Waals surface area contributed by atoms with Crippen molar-refractivity contribution < 1.29 is 8.91 Å². The summed E-state index contributed by atoms with van der Waals surface area (Å²) >= 11 is 0. The van der Waals surface area contributed by atoms with Gasteiger partial charge in [-0.1, -0.05) is 36.3 Å². The van der Waals surface area contributed by atoms with Gasteiger partial charge in [0.05, 0.1) is 5.92 Å². The maximum absolute atomic E-state index is 13.8. The van der Waals surface area contributed by atoms with Gasteiger partial charge >= 0.3 is 0 Å². The van der Waals surface area contributed by atoms with Crippen molar-refractivity contribution in [3.05, 3.63) is 48.1 Å². The van der Waals surface area contributed by atoms with Gasteiger partial charge in [-0.2, -0.15) is 4.98 Å². The van der Waals surface area contributed by atoms with Crippen molar-refractivity contribution in [2.45, 2.75) is 19.3 Å². The zero-order chi connectivity index (χ0) is 14.8. The molecule has 3 rings (SSSR count). The number of benzene rings is 2. The molecule has 3 aromatic rings. The highest BCUT2D eigenvalue weighted by atomic mass is 19.1. The summed E-state index contributed by atoms with van der Waals surface area (Å²) in [5.74, 6) is 0.793. The Labute approximate surface area is 121 Å². The second-order valence-electron chi connectivity index (χ2n) is 4.94. The minimum Gasteiger partial charge on any atom is -0.339 e. The van der Waals surface area contributed by atoms with Crippen LogP contribution in [-0.2, 0) is 0 Å². The number of hydrogen-bond acceptors (Lipinski definition) is 4. The minimum atomic E-state index is -0.258. The first kappa shape index (κ1) is 13.7. The summed E-state index contributed by atoms with van der Waals surface area (Å²) in [7, 11) is 0. The Hall–Kier alpha value is -2.27. The lowest BCUT2D eigenvalue weighted by molar-refractivity contribution is 0.352. The maximum Gasteiger partial charge on any atom is 0.231 e. The van der Waals surface area contributed by atoms with E-state index in [0.717, 1.165) is 17.4 Å². The summed E-state index contributed by atoms with van der Waals surface area (Å²) in [6.45, 7) is 2.48. The summed E-state index contributed by atoms with van der Waals surface area (Å²) in [5, 5.41) is 5.34. The molecule has 0 aliphatic rings. The Morgan fingerprint density at radius 2 is 1.95 bits per heavy atom. The standard InChI is InChI=1S/C16H16FN3O/c1-2-10(9-18)16-19-15(20-21-16)13-7-8-14(17)12-6-4-3-5-11(12)13/h3-8,10H,2,9,18H2,1H3. The molecule has 0 amide bonds. The van der Waals surface area contributed by atoms with E-state index >= 15 is 0 Å². The average molecular weight is 285 g/mol. The summed E-state index contributed by atoms with van der Waals surface area (Å²) in [6.07, 6.45) is 0.836. The van der Waals surface area contributed by atoms with Crippen molar-refractivity contribution in [1.29, 1.82) is 0 Å². The lowest BCUT2D eigenvalue weighted by Gasteiger charge is -2.05. The molecule has 0 saturated heterocycles. The van der Waals surface area contributed by atoms with Gasteiger partial charge in [0, 0.05) is 17.5 Å². The summed E-state index contributed by atoms with van der Waals surface area (Å²) in [6, 6.07) is 10.4. The molecule has 1 heterocycles. The molecule has 0 bridgehead atoms. The fraction of sp³-hybridized carbons (Fsp3) is 0.250. The third-order valence-electron chi connectivity index (χ3n) is 3.68. The van der Waals surface area contributed by atoms with Gasteiger partial charge in [0.1, 0.15) is 5.82 Å². The predicted octanol–water partition coefficient (Wildman–Crippen LogP) is 3.48. The first-order valence-corrected chi connectivity index (χ1v) is 6.96. The van der Waals surface area contributed by atoms with Crippen LogP contribution in [0.5, 0.6) is 0 Å². The van der Waals surface area contributed by atoms with E-state index < -0.39 is 0 Å². The van der Waals surface area contributed by atoms with E-state index in [0.29, 0.717) is 23.6 Å². The van der Waals surface area contributed by atoms with Crippen LogP contribution in [0.15, 0.2) is 40.9 Å². The van der Waals surface area contributed by atoms with Crippen molar-refractivity contribution in [1.82, 2.24) is 10.1 Å². The molecule has 0 radical (unpaired) electrons. The van der Waals surface area contributed by atoms with Crippen LogP contribution in [0.2, 0.25) is 0 Å². The Balaban J connectivity index is 2.11. The van der Waals surface area contributed by atoms with E-state index in [-0.39, 0.29) is 11.7 Å². The first-order chi connectivity index (χ1) is 10.2. The Morgan fingerprint density at radius 3 is 2.67 bits per heavy atom. The van der Waals surface area contributed by atoms with E-state index in [1.807, 2.05) is 19.1 Å². The average Bonchev–Trinajstić information content (AvgIpc) is 2.99. The molecule has 5 heteroatoms. The summed E-state index contributed by atoms with van der Waals surface area (Å²) in [4.78, 5) is 4.42. The normalized spacial score (nSPS) is 12.7. The fourth-order valence-electron chi connectivity index (χ4n) is 2.41. The number of nitrogens with zero attached hydrogens (tertiary/aromatic N) is 2. The molecule has 1 aromatic heterocycles. The highest BCUT2D eigenvalue weighted by molar-refractivity contribution is 5.95. The molecule has 1 unspecified atom stereocenters. The first-order valence-electron chi connectivity index (χ1n) is 6.96. The smallest absolute Gasteiger partial charge is 0.231 e. The van der Waals surface area contributed by atoms with Crippen LogP contribution in [0.25, 0.3) is 22.2 Å². The molecule has 2 aromatic carbocycles. The minimum absolute atomic E-state index is 0.0537. The lowest BCUT2D eigenvalue weighted by Crippen LogP contribution is -2.11. The second kappa shape index (κ2) is 5.61.